The molecule has 9 nitrogen and oxygen atoms in total. The Morgan fingerprint density at radius 2 is 2.29 bits per heavy atom. The maximum Gasteiger partial charge on any atom is 0.306 e. The van der Waals surface area contributed by atoms with Gasteiger partial charge in [0.25, 0.3) is 5.91 Å². The molecule has 0 saturated carbocycles. The van der Waals surface area contributed by atoms with Crippen molar-refractivity contribution in [2.75, 3.05) is 32.8 Å². The molecule has 1 aromatic heterocycles. The van der Waals surface area contributed by atoms with Gasteiger partial charge in [-0.3, -0.25) is 9.59 Å². The summed E-state index contributed by atoms with van der Waals surface area (Å²) < 4.78 is 7.04. The molecule has 0 aromatic carbocycles. The monoisotopic (exact) mass is 295 g/mol. The van der Waals surface area contributed by atoms with Crippen LogP contribution in [0.5, 0.6) is 0 Å². The van der Waals surface area contributed by atoms with Crippen LogP contribution >= 0.6 is 0 Å². The molecule has 0 aliphatic carbocycles. The summed E-state index contributed by atoms with van der Waals surface area (Å²) in [5.41, 5.74) is 0.290. The Morgan fingerprint density at radius 3 is 2.95 bits per heavy atom. The zero-order chi connectivity index (χ0) is 14.8. The number of carboxylic acid groups (broad SMARTS) is 1. The van der Waals surface area contributed by atoms with Gasteiger partial charge in [-0.25, -0.2) is 4.68 Å². The van der Waals surface area contributed by atoms with Crippen molar-refractivity contribution in [1.82, 2.24) is 25.2 Å². The zero-order valence-corrected chi connectivity index (χ0v) is 11.4. The van der Waals surface area contributed by atoms with Crippen LogP contribution in [0.4, 0.5) is 0 Å². The lowest BCUT2D eigenvalue weighted by atomic mass is 10.2. The Labute approximate surface area is 120 Å². The van der Waals surface area contributed by atoms with Gasteiger partial charge in [0, 0.05) is 26.2 Å². The third-order valence-corrected chi connectivity index (χ3v) is 3.69. The van der Waals surface area contributed by atoms with Crippen molar-refractivity contribution in [3.63, 3.8) is 0 Å². The number of rotatable bonds is 4. The molecule has 1 amide bonds. The van der Waals surface area contributed by atoms with Crippen LogP contribution in [0.25, 0.3) is 0 Å². The number of aromatic nitrogens is 3. The summed E-state index contributed by atoms with van der Waals surface area (Å²) in [4.78, 5) is 24.7. The molecule has 2 N–H and O–H groups in total. The number of morpholine rings is 1. The van der Waals surface area contributed by atoms with Crippen molar-refractivity contribution >= 4 is 11.9 Å². The number of hydrogen-bond donors (Lipinski definition) is 2. The SMILES string of the molecule is O=C(O)CC1CN(C(=O)c2cn(C3CNC3)nn2)CCO1. The molecule has 1 aromatic rings. The first-order valence-electron chi connectivity index (χ1n) is 6.88. The number of aliphatic carboxylic acids is 1. The predicted octanol–water partition coefficient (Wildman–Crippen LogP) is -1.26. The van der Waals surface area contributed by atoms with Gasteiger partial charge in [-0.05, 0) is 0 Å². The van der Waals surface area contributed by atoms with E-state index in [2.05, 4.69) is 15.6 Å². The van der Waals surface area contributed by atoms with E-state index in [4.69, 9.17) is 9.84 Å². The van der Waals surface area contributed by atoms with Crippen molar-refractivity contribution < 1.29 is 19.4 Å². The molecule has 1 atom stereocenters. The molecule has 2 fully saturated rings. The largest absolute Gasteiger partial charge is 0.481 e. The molecule has 2 aliphatic rings. The van der Waals surface area contributed by atoms with Crippen LogP contribution in [-0.4, -0.2) is 75.8 Å². The molecule has 9 heteroatoms. The highest BCUT2D eigenvalue weighted by atomic mass is 16.5. The Bertz CT molecular complexity index is 542. The second kappa shape index (κ2) is 5.78. The van der Waals surface area contributed by atoms with E-state index in [1.54, 1.807) is 15.8 Å². The van der Waals surface area contributed by atoms with Crippen LogP contribution in [0.2, 0.25) is 0 Å². The molecule has 3 rings (SSSR count). The van der Waals surface area contributed by atoms with Gasteiger partial charge in [0.15, 0.2) is 5.69 Å². The summed E-state index contributed by atoms with van der Waals surface area (Å²) >= 11 is 0. The number of hydrogen-bond acceptors (Lipinski definition) is 6. The van der Waals surface area contributed by atoms with Gasteiger partial charge in [0.05, 0.1) is 31.4 Å². The standard InChI is InChI=1S/C12H17N5O4/c18-11(19)3-9-6-16(1-2-21-9)12(20)10-7-17(15-14-10)8-4-13-5-8/h7-9,13H,1-6H2,(H,18,19). The topological polar surface area (TPSA) is 110 Å². The first-order valence-corrected chi connectivity index (χ1v) is 6.88. The second-order valence-corrected chi connectivity index (χ2v) is 5.24. The predicted molar refractivity (Wildman–Crippen MR) is 69.8 cm³/mol. The highest BCUT2D eigenvalue weighted by molar-refractivity contribution is 5.92. The van der Waals surface area contributed by atoms with E-state index in [-0.39, 0.29) is 30.6 Å². The molecule has 2 aliphatic heterocycles. The van der Waals surface area contributed by atoms with Crippen LogP contribution in [0.1, 0.15) is 23.0 Å². The average Bonchev–Trinajstić information content (AvgIpc) is 2.84. The van der Waals surface area contributed by atoms with Crippen LogP contribution in [-0.2, 0) is 9.53 Å². The van der Waals surface area contributed by atoms with E-state index in [0.717, 1.165) is 13.1 Å². The van der Waals surface area contributed by atoms with Crippen LogP contribution in [0, 0.1) is 0 Å². The summed E-state index contributed by atoms with van der Waals surface area (Å²) in [7, 11) is 0. The number of amides is 1. The lowest BCUT2D eigenvalue weighted by Gasteiger charge is -2.31. The number of nitrogens with one attached hydrogen (secondary N) is 1. The Balaban J connectivity index is 1.63. The van der Waals surface area contributed by atoms with Gasteiger partial charge in [-0.2, -0.15) is 0 Å². The number of ether oxygens (including phenoxy) is 1. The minimum absolute atomic E-state index is 0.107. The van der Waals surface area contributed by atoms with Crippen LogP contribution < -0.4 is 5.32 Å². The minimum atomic E-state index is -0.933. The molecular weight excluding hydrogens is 278 g/mol. The third kappa shape index (κ3) is 3.03. The highest BCUT2D eigenvalue weighted by Gasteiger charge is 2.29. The Hall–Kier alpha value is -2.00. The second-order valence-electron chi connectivity index (χ2n) is 5.24. The molecule has 2 saturated heterocycles. The van der Waals surface area contributed by atoms with Crippen molar-refractivity contribution in [1.29, 1.82) is 0 Å². The Kier molecular flexibility index (Phi) is 3.84. The van der Waals surface area contributed by atoms with E-state index in [9.17, 15) is 9.59 Å². The summed E-state index contributed by atoms with van der Waals surface area (Å²) in [6.07, 6.45) is 1.07. The van der Waals surface area contributed by atoms with Crippen molar-refractivity contribution in [2.24, 2.45) is 0 Å². The molecule has 0 radical (unpaired) electrons. The first kappa shape index (κ1) is 14.0. The average molecular weight is 295 g/mol. The van der Waals surface area contributed by atoms with Crippen molar-refractivity contribution in [3.8, 4) is 0 Å². The van der Waals surface area contributed by atoms with E-state index >= 15 is 0 Å². The number of nitrogens with zero attached hydrogens (tertiary/aromatic N) is 4. The summed E-state index contributed by atoms with van der Waals surface area (Å²) in [5, 5.41) is 19.8. The quantitative estimate of drug-likeness (QED) is 0.713. The highest BCUT2D eigenvalue weighted by Crippen LogP contribution is 2.14. The van der Waals surface area contributed by atoms with Gasteiger partial charge in [-0.15, -0.1) is 5.10 Å². The molecule has 1 unspecified atom stereocenters. The van der Waals surface area contributed by atoms with Gasteiger partial charge < -0.3 is 20.1 Å². The zero-order valence-electron chi connectivity index (χ0n) is 11.4. The van der Waals surface area contributed by atoms with Gasteiger partial charge in [0.1, 0.15) is 0 Å². The fraction of sp³-hybridized carbons (Fsp3) is 0.667. The molecule has 3 heterocycles. The molecule has 0 bridgehead atoms. The minimum Gasteiger partial charge on any atom is -0.481 e. The summed E-state index contributed by atoms with van der Waals surface area (Å²) in [6, 6.07) is 0.253. The Morgan fingerprint density at radius 1 is 1.48 bits per heavy atom. The molecule has 0 spiro atoms. The number of carbonyl (C=O) groups excluding carboxylic acids is 1. The fourth-order valence-electron chi connectivity index (χ4n) is 2.40. The van der Waals surface area contributed by atoms with Crippen LogP contribution in [0.3, 0.4) is 0 Å². The summed E-state index contributed by atoms with van der Waals surface area (Å²) in [6.45, 7) is 2.70. The van der Waals surface area contributed by atoms with Crippen molar-refractivity contribution in [3.05, 3.63) is 11.9 Å². The summed E-state index contributed by atoms with van der Waals surface area (Å²) in [5.74, 6) is -1.16. The maximum atomic E-state index is 12.4. The smallest absolute Gasteiger partial charge is 0.306 e. The number of carboxylic acids is 1. The van der Waals surface area contributed by atoms with E-state index in [0.29, 0.717) is 13.2 Å². The molecular formula is C12H17N5O4. The van der Waals surface area contributed by atoms with Gasteiger partial charge in [-0.1, -0.05) is 5.21 Å². The molecule has 114 valence electrons. The van der Waals surface area contributed by atoms with E-state index < -0.39 is 12.1 Å². The van der Waals surface area contributed by atoms with Crippen LogP contribution in [0.15, 0.2) is 6.20 Å². The third-order valence-electron chi connectivity index (χ3n) is 3.69. The lowest BCUT2D eigenvalue weighted by Crippen LogP contribution is -2.46. The fourth-order valence-corrected chi connectivity index (χ4v) is 2.40. The molecule has 21 heavy (non-hydrogen) atoms. The maximum absolute atomic E-state index is 12.4. The lowest BCUT2D eigenvalue weighted by molar-refractivity contribution is -0.141. The van der Waals surface area contributed by atoms with Gasteiger partial charge >= 0.3 is 5.97 Å². The number of carbonyl (C=O) groups is 2. The van der Waals surface area contributed by atoms with E-state index in [1.807, 2.05) is 0 Å². The van der Waals surface area contributed by atoms with Gasteiger partial charge in [0.2, 0.25) is 0 Å². The van der Waals surface area contributed by atoms with Crippen molar-refractivity contribution in [2.45, 2.75) is 18.6 Å². The van der Waals surface area contributed by atoms with E-state index in [1.165, 1.54) is 0 Å². The normalized spacial score (nSPS) is 22.9. The first-order chi connectivity index (χ1) is 10.1.